The van der Waals surface area contributed by atoms with Crippen LogP contribution in [0.25, 0.3) is 0 Å². The van der Waals surface area contributed by atoms with Crippen LogP contribution in [0.1, 0.15) is 22.3 Å². The fourth-order valence-corrected chi connectivity index (χ4v) is 6.89. The van der Waals surface area contributed by atoms with Crippen molar-refractivity contribution in [3.63, 3.8) is 0 Å². The quantitative estimate of drug-likeness (QED) is 0.123. The lowest BCUT2D eigenvalue weighted by Crippen LogP contribution is -2.67. The van der Waals surface area contributed by atoms with Crippen molar-refractivity contribution < 1.29 is 61.7 Å². The van der Waals surface area contributed by atoms with Gasteiger partial charge in [-0.05, 0) is 22.3 Å². The summed E-state index contributed by atoms with van der Waals surface area (Å²) in [4.78, 5) is 27.7. The molecule has 0 bridgehead atoms. The van der Waals surface area contributed by atoms with Gasteiger partial charge >= 0.3 is 11.9 Å². The maximum Gasteiger partial charge on any atom is 0.338 e. The number of carbonyl (C=O) groups excluding carboxylic acids is 2. The van der Waals surface area contributed by atoms with Crippen LogP contribution in [0, 0.1) is 0 Å². The average molecular weight is 787 g/mol. The van der Waals surface area contributed by atoms with E-state index in [2.05, 4.69) is 0 Å². The lowest BCUT2D eigenvalue weighted by molar-refractivity contribution is -0.362. The SMILES string of the molecule is COC(=O)C1O[C@@H](OC)[C@H](OC)[C@@H](OC)[C@@H]1O[C@H]1OC(C(=O)OCc2ccccc2)[C@H](OCc2ccccc2)[C@H](OCc2ccccc2)[C@H]1OCc1ccccc1. The Morgan fingerprint density at radius 2 is 0.860 bits per heavy atom. The van der Waals surface area contributed by atoms with E-state index in [1.54, 1.807) is 0 Å². The van der Waals surface area contributed by atoms with Crippen molar-refractivity contribution in [3.05, 3.63) is 144 Å². The zero-order chi connectivity index (χ0) is 40.0. The van der Waals surface area contributed by atoms with E-state index in [-0.39, 0.29) is 26.4 Å². The monoisotopic (exact) mass is 786 g/mol. The molecule has 0 spiro atoms. The highest BCUT2D eigenvalue weighted by atomic mass is 16.8. The van der Waals surface area contributed by atoms with Crippen LogP contribution in [0.4, 0.5) is 0 Å². The van der Waals surface area contributed by atoms with Crippen molar-refractivity contribution in [2.75, 3.05) is 28.4 Å². The Balaban J connectivity index is 1.41. The molecule has 2 heterocycles. The second kappa shape index (κ2) is 21.3. The summed E-state index contributed by atoms with van der Waals surface area (Å²) in [5, 5.41) is 0. The number of hydrogen-bond acceptors (Lipinski definition) is 13. The average Bonchev–Trinajstić information content (AvgIpc) is 3.27. The lowest BCUT2D eigenvalue weighted by atomic mass is 9.95. The van der Waals surface area contributed by atoms with E-state index < -0.39 is 73.4 Å². The number of methoxy groups -OCH3 is 4. The molecule has 2 aliphatic rings. The lowest BCUT2D eigenvalue weighted by Gasteiger charge is -2.48. The van der Waals surface area contributed by atoms with Gasteiger partial charge in [-0.25, -0.2) is 9.59 Å². The molecule has 13 nitrogen and oxygen atoms in total. The molecular formula is C44H50O13. The molecule has 0 aromatic heterocycles. The standard InChI is InChI=1S/C44H50O13/c1-47-33-36(38(41(45)49-3)56-43(50-4)39(33)48-2)55-44-40(53-27-31-21-13-7-14-22-31)35(52-26-30-19-11-6-12-20-30)34(51-25-29-17-9-5-10-18-29)37(57-44)42(46)54-28-32-23-15-8-16-24-32/h5-24,33-40,43-44H,25-28H2,1-4H3/t33-,34+,35-,36-,37?,38?,39+,40+,43+,44-/m0/s1. The van der Waals surface area contributed by atoms with Crippen molar-refractivity contribution >= 4 is 11.9 Å². The second-order valence-electron chi connectivity index (χ2n) is 13.5. The van der Waals surface area contributed by atoms with Crippen LogP contribution in [0.2, 0.25) is 0 Å². The van der Waals surface area contributed by atoms with Crippen LogP contribution in [-0.2, 0) is 88.1 Å². The van der Waals surface area contributed by atoms with E-state index in [9.17, 15) is 9.59 Å². The molecular weight excluding hydrogens is 736 g/mol. The maximum atomic E-state index is 14.3. The van der Waals surface area contributed by atoms with Crippen molar-refractivity contribution in [2.45, 2.75) is 87.8 Å². The van der Waals surface area contributed by atoms with Crippen LogP contribution in [-0.4, -0.2) is 102 Å². The molecule has 0 saturated carbocycles. The molecule has 10 atom stereocenters. The predicted octanol–water partition coefficient (Wildman–Crippen LogP) is 5.17. The van der Waals surface area contributed by atoms with Gasteiger partial charge in [0.2, 0.25) is 0 Å². The minimum atomic E-state index is -1.40. The van der Waals surface area contributed by atoms with Crippen LogP contribution in [0.5, 0.6) is 0 Å². The highest BCUT2D eigenvalue weighted by Gasteiger charge is 2.57. The van der Waals surface area contributed by atoms with E-state index in [4.69, 9.17) is 52.1 Å². The van der Waals surface area contributed by atoms with E-state index in [1.807, 2.05) is 121 Å². The molecule has 2 aliphatic heterocycles. The van der Waals surface area contributed by atoms with Gasteiger partial charge in [0.15, 0.2) is 24.8 Å². The molecule has 6 rings (SSSR count). The zero-order valence-electron chi connectivity index (χ0n) is 32.5. The third kappa shape index (κ3) is 10.9. The molecule has 2 unspecified atom stereocenters. The number of hydrogen-bond donors (Lipinski definition) is 0. The van der Waals surface area contributed by atoms with Gasteiger partial charge in [-0.1, -0.05) is 121 Å². The molecule has 304 valence electrons. The van der Waals surface area contributed by atoms with Gasteiger partial charge in [0.05, 0.1) is 26.9 Å². The summed E-state index contributed by atoms with van der Waals surface area (Å²) in [7, 11) is 5.57. The fraction of sp³-hybridized carbons (Fsp3) is 0.409. The van der Waals surface area contributed by atoms with Crippen molar-refractivity contribution in [1.82, 2.24) is 0 Å². The largest absolute Gasteiger partial charge is 0.467 e. The topological polar surface area (TPSA) is 136 Å². The Bertz CT molecular complexity index is 1780. The first kappa shape index (κ1) is 42.1. The Hall–Kier alpha value is -4.54. The van der Waals surface area contributed by atoms with Crippen molar-refractivity contribution in [2.24, 2.45) is 0 Å². The van der Waals surface area contributed by atoms with Crippen molar-refractivity contribution in [1.29, 1.82) is 0 Å². The summed E-state index contributed by atoms with van der Waals surface area (Å²) < 4.78 is 67.7. The van der Waals surface area contributed by atoms with Crippen LogP contribution in [0.15, 0.2) is 121 Å². The zero-order valence-corrected chi connectivity index (χ0v) is 32.5. The molecule has 0 radical (unpaired) electrons. The summed E-state index contributed by atoms with van der Waals surface area (Å²) in [6.45, 7) is 0.316. The first-order chi connectivity index (χ1) is 27.9. The van der Waals surface area contributed by atoms with Gasteiger partial charge in [-0.3, -0.25) is 0 Å². The molecule has 2 saturated heterocycles. The molecule has 0 aliphatic carbocycles. The van der Waals surface area contributed by atoms with Gasteiger partial charge in [0, 0.05) is 21.3 Å². The number of esters is 2. The number of rotatable bonds is 18. The van der Waals surface area contributed by atoms with E-state index in [0.29, 0.717) is 0 Å². The molecule has 2 fully saturated rings. The molecule has 0 N–H and O–H groups in total. The minimum Gasteiger partial charge on any atom is -0.467 e. The van der Waals surface area contributed by atoms with E-state index in [0.717, 1.165) is 22.3 Å². The van der Waals surface area contributed by atoms with Gasteiger partial charge < -0.3 is 52.1 Å². The predicted molar refractivity (Wildman–Crippen MR) is 204 cm³/mol. The fourth-order valence-electron chi connectivity index (χ4n) is 6.89. The molecule has 57 heavy (non-hydrogen) atoms. The normalized spacial score (nSPS) is 27.4. The summed E-state index contributed by atoms with van der Waals surface area (Å²) in [6, 6.07) is 38.0. The maximum absolute atomic E-state index is 14.3. The van der Waals surface area contributed by atoms with Crippen molar-refractivity contribution in [3.8, 4) is 0 Å². The Morgan fingerprint density at radius 1 is 0.439 bits per heavy atom. The van der Waals surface area contributed by atoms with E-state index >= 15 is 0 Å². The Labute approximate surface area is 332 Å². The summed E-state index contributed by atoms with van der Waals surface area (Å²) in [5.74, 6) is -1.47. The first-order valence-electron chi connectivity index (χ1n) is 18.7. The highest BCUT2D eigenvalue weighted by Crippen LogP contribution is 2.36. The van der Waals surface area contributed by atoms with Gasteiger partial charge in [0.1, 0.15) is 43.2 Å². The van der Waals surface area contributed by atoms with Crippen LogP contribution >= 0.6 is 0 Å². The second-order valence-corrected chi connectivity index (χ2v) is 13.5. The number of benzene rings is 4. The minimum absolute atomic E-state index is 0.0273. The van der Waals surface area contributed by atoms with Crippen LogP contribution in [0.3, 0.4) is 0 Å². The highest BCUT2D eigenvalue weighted by molar-refractivity contribution is 5.76. The Morgan fingerprint density at radius 3 is 1.32 bits per heavy atom. The van der Waals surface area contributed by atoms with Crippen LogP contribution < -0.4 is 0 Å². The third-order valence-electron chi connectivity index (χ3n) is 9.80. The van der Waals surface area contributed by atoms with Gasteiger partial charge in [-0.15, -0.1) is 0 Å². The molecule has 13 heteroatoms. The summed E-state index contributed by atoms with van der Waals surface area (Å²) in [5.41, 5.74) is 3.36. The van der Waals surface area contributed by atoms with Gasteiger partial charge in [0.25, 0.3) is 0 Å². The number of ether oxygens (including phenoxy) is 11. The molecule has 4 aromatic carbocycles. The van der Waals surface area contributed by atoms with Gasteiger partial charge in [-0.2, -0.15) is 0 Å². The first-order valence-corrected chi connectivity index (χ1v) is 18.7. The summed E-state index contributed by atoms with van der Waals surface area (Å²) >= 11 is 0. The molecule has 4 aromatic rings. The smallest absolute Gasteiger partial charge is 0.338 e. The van der Waals surface area contributed by atoms with E-state index in [1.165, 1.54) is 28.4 Å². The number of carbonyl (C=O) groups is 2. The Kier molecular flexibility index (Phi) is 15.7. The molecule has 0 amide bonds. The third-order valence-corrected chi connectivity index (χ3v) is 9.80. The summed E-state index contributed by atoms with van der Waals surface area (Å²) in [6.07, 6.45) is -11.3.